The molecule has 0 spiro atoms. The van der Waals surface area contributed by atoms with Gasteiger partial charge in [-0.05, 0) is 100 Å². The van der Waals surface area contributed by atoms with Crippen LogP contribution in [0.4, 0.5) is 0 Å². The van der Waals surface area contributed by atoms with Crippen LogP contribution in [0, 0.1) is 53.3 Å². The fourth-order valence-corrected chi connectivity index (χ4v) is 9.99. The molecule has 0 heteroatoms. The lowest BCUT2D eigenvalue weighted by atomic mass is 9.65. The van der Waals surface area contributed by atoms with Crippen molar-refractivity contribution in [3.05, 3.63) is 58.5 Å². The van der Waals surface area contributed by atoms with Crippen molar-refractivity contribution in [2.45, 2.75) is 64.2 Å². The predicted molar refractivity (Wildman–Crippen MR) is 118 cm³/mol. The highest BCUT2D eigenvalue weighted by Gasteiger charge is 2.60. The summed E-state index contributed by atoms with van der Waals surface area (Å²) in [6.07, 6.45) is 15.2. The lowest BCUT2D eigenvalue weighted by Gasteiger charge is -2.38. The molecule has 8 fully saturated rings. The van der Waals surface area contributed by atoms with Gasteiger partial charge in [-0.1, -0.05) is 18.2 Å². The Morgan fingerprint density at radius 3 is 1.76 bits per heavy atom. The van der Waals surface area contributed by atoms with Crippen molar-refractivity contribution in [1.82, 2.24) is 0 Å². The normalized spacial score (nSPS) is 46.3. The Labute approximate surface area is 175 Å². The Morgan fingerprint density at radius 2 is 1.10 bits per heavy atom. The minimum absolute atomic E-state index is 0.874. The van der Waals surface area contributed by atoms with Gasteiger partial charge in [-0.25, -0.2) is 0 Å². The van der Waals surface area contributed by atoms with E-state index in [2.05, 4.69) is 30.3 Å². The van der Waals surface area contributed by atoms with E-state index in [1.54, 1.807) is 24.0 Å². The third kappa shape index (κ3) is 2.14. The van der Waals surface area contributed by atoms with Crippen molar-refractivity contribution in [2.24, 2.45) is 47.3 Å². The Kier molecular flexibility index (Phi) is 3.16. The largest absolute Gasteiger partial charge is 0.120 e. The van der Waals surface area contributed by atoms with Crippen LogP contribution in [0.5, 0.6) is 0 Å². The highest BCUT2D eigenvalue weighted by Crippen LogP contribution is 2.68. The molecule has 9 aliphatic rings. The minimum atomic E-state index is 0.874. The molecule has 0 aromatic heterocycles. The summed E-state index contributed by atoms with van der Waals surface area (Å²) in [5.41, 5.74) is 9.18. The summed E-state index contributed by atoms with van der Waals surface area (Å²) in [5, 5.41) is 0. The molecule has 1 aromatic rings. The van der Waals surface area contributed by atoms with Gasteiger partial charge in [0.15, 0.2) is 0 Å². The molecule has 1 aromatic carbocycles. The Morgan fingerprint density at radius 1 is 0.552 bits per heavy atom. The van der Waals surface area contributed by atoms with Crippen LogP contribution in [-0.4, -0.2) is 0 Å². The van der Waals surface area contributed by atoms with Gasteiger partial charge in [-0.3, -0.25) is 0 Å². The maximum absolute atomic E-state index is 2.45. The van der Waals surface area contributed by atoms with Gasteiger partial charge in [0.2, 0.25) is 0 Å². The SMILES string of the molecule is c1ccc(C2=C3C(=C4[C+]2C2C[C@H]5CC4C[C@@H](C2)C5)C2C[C@H]4CC3C[C@@H](C2)C4)cc1. The maximum Gasteiger partial charge on any atom is 0.120 e. The molecule has 4 unspecified atom stereocenters. The molecule has 0 aliphatic heterocycles. The third-order valence-corrected chi connectivity index (χ3v) is 10.4. The first-order valence-corrected chi connectivity index (χ1v) is 12.7. The molecule has 29 heavy (non-hydrogen) atoms. The van der Waals surface area contributed by atoms with Gasteiger partial charge in [0.1, 0.15) is 5.57 Å². The summed E-state index contributed by atoms with van der Waals surface area (Å²) in [5.74, 6) is 9.59. The number of rotatable bonds is 1. The van der Waals surface area contributed by atoms with Crippen LogP contribution in [0.15, 0.2) is 47.1 Å². The first-order valence-electron chi connectivity index (χ1n) is 12.7. The van der Waals surface area contributed by atoms with Crippen molar-refractivity contribution in [1.29, 1.82) is 0 Å². The first kappa shape index (κ1) is 16.3. The molecule has 8 saturated carbocycles. The Hall–Kier alpha value is -1.43. The quantitative estimate of drug-likeness (QED) is 0.450. The van der Waals surface area contributed by atoms with Gasteiger partial charge in [-0.2, -0.15) is 0 Å². The van der Waals surface area contributed by atoms with Crippen LogP contribution in [0.25, 0.3) is 5.57 Å². The average molecular weight is 382 g/mol. The molecule has 8 atom stereocenters. The molecule has 9 aliphatic carbocycles. The van der Waals surface area contributed by atoms with E-state index in [1.165, 1.54) is 51.4 Å². The van der Waals surface area contributed by atoms with E-state index in [9.17, 15) is 0 Å². The molecule has 8 bridgehead atoms. The number of hydrogen-bond donors (Lipinski definition) is 0. The monoisotopic (exact) mass is 381 g/mol. The van der Waals surface area contributed by atoms with Crippen molar-refractivity contribution in [3.63, 3.8) is 0 Å². The number of hydrogen-bond acceptors (Lipinski definition) is 0. The van der Waals surface area contributed by atoms with Crippen molar-refractivity contribution >= 4 is 5.57 Å². The van der Waals surface area contributed by atoms with E-state index in [0.29, 0.717) is 0 Å². The molecule has 0 radical (unpaired) electrons. The molecule has 0 nitrogen and oxygen atoms in total. The molecule has 0 amide bonds. The molecule has 148 valence electrons. The second kappa shape index (κ2) is 5.63. The molecule has 10 rings (SSSR count). The fourth-order valence-electron chi connectivity index (χ4n) is 9.99. The van der Waals surface area contributed by atoms with Crippen LogP contribution < -0.4 is 0 Å². The predicted octanol–water partition coefficient (Wildman–Crippen LogP) is 7.24. The average Bonchev–Trinajstić information content (AvgIpc) is 2.88. The van der Waals surface area contributed by atoms with Gasteiger partial charge in [-0.15, -0.1) is 0 Å². The molecule has 0 heterocycles. The number of allylic oxidation sites excluding steroid dienone is 4. The van der Waals surface area contributed by atoms with Gasteiger partial charge >= 0.3 is 0 Å². The van der Waals surface area contributed by atoms with E-state index >= 15 is 0 Å². The Bertz CT molecular complexity index is 904. The fraction of sp³-hybridized carbons (Fsp3) is 0.621. The van der Waals surface area contributed by atoms with Crippen molar-refractivity contribution in [2.75, 3.05) is 0 Å². The zero-order chi connectivity index (χ0) is 18.7. The number of benzene rings is 1. The van der Waals surface area contributed by atoms with Crippen LogP contribution >= 0.6 is 0 Å². The van der Waals surface area contributed by atoms with Gasteiger partial charge in [0, 0.05) is 23.7 Å². The second-order valence-corrected chi connectivity index (χ2v) is 12.0. The summed E-state index contributed by atoms with van der Waals surface area (Å²) >= 11 is 0. The Balaban J connectivity index is 1.41. The van der Waals surface area contributed by atoms with E-state index in [4.69, 9.17) is 0 Å². The lowest BCUT2D eigenvalue weighted by molar-refractivity contribution is 0.140. The summed E-state index contributed by atoms with van der Waals surface area (Å²) < 4.78 is 0. The van der Waals surface area contributed by atoms with Gasteiger partial charge in [0.25, 0.3) is 0 Å². The summed E-state index contributed by atoms with van der Waals surface area (Å²) in [4.78, 5) is 0. The molecular formula is C29H33+. The van der Waals surface area contributed by atoms with E-state index < -0.39 is 0 Å². The first-order chi connectivity index (χ1) is 14.3. The van der Waals surface area contributed by atoms with Crippen LogP contribution in [0.1, 0.15) is 69.8 Å². The van der Waals surface area contributed by atoms with E-state index in [0.717, 1.165) is 47.3 Å². The van der Waals surface area contributed by atoms with E-state index in [-0.39, 0.29) is 0 Å². The minimum Gasteiger partial charge on any atom is -0.0605 e. The summed E-state index contributed by atoms with van der Waals surface area (Å²) in [7, 11) is 0. The highest BCUT2D eigenvalue weighted by atomic mass is 14.6. The maximum atomic E-state index is 2.45. The lowest BCUT2D eigenvalue weighted by Crippen LogP contribution is -2.28. The van der Waals surface area contributed by atoms with Crippen molar-refractivity contribution in [3.8, 4) is 0 Å². The zero-order valence-electron chi connectivity index (χ0n) is 17.6. The van der Waals surface area contributed by atoms with Crippen LogP contribution in [0.2, 0.25) is 0 Å². The van der Waals surface area contributed by atoms with Crippen LogP contribution in [-0.2, 0) is 0 Å². The third-order valence-electron chi connectivity index (χ3n) is 10.4. The standard InChI is InChI=1S/C29H33/c1-2-4-20(5-3-1)25-26-21-8-16-6-17(9-21)13-23(12-16)28(26)29-24-14-18-7-19(15-24)11-22(10-18)27(25)29/h1-5,16-19,21-24H,6-15H2/q+1/t16-,17+,18-,19+,21?,22?,23?,24?. The highest BCUT2D eigenvalue weighted by molar-refractivity contribution is 5.91. The molecular weight excluding hydrogens is 348 g/mol. The van der Waals surface area contributed by atoms with E-state index in [1.807, 2.05) is 22.6 Å². The summed E-state index contributed by atoms with van der Waals surface area (Å²) in [6.45, 7) is 0. The second-order valence-electron chi connectivity index (χ2n) is 12.0. The molecule has 0 N–H and O–H groups in total. The topological polar surface area (TPSA) is 0 Å². The van der Waals surface area contributed by atoms with Crippen LogP contribution in [0.3, 0.4) is 0 Å². The van der Waals surface area contributed by atoms with Crippen molar-refractivity contribution < 1.29 is 0 Å². The van der Waals surface area contributed by atoms with Gasteiger partial charge < -0.3 is 0 Å². The van der Waals surface area contributed by atoms with Gasteiger partial charge in [0.05, 0.1) is 28.2 Å². The zero-order valence-corrected chi connectivity index (χ0v) is 17.6. The summed E-state index contributed by atoms with van der Waals surface area (Å²) in [6, 6.07) is 11.7. The smallest absolute Gasteiger partial charge is 0.0605 e. The molecule has 0 saturated heterocycles.